The fraction of sp³-hybridized carbons (Fsp3) is 0.448. The number of cyclic esters (lactones) is 1. The molecule has 1 saturated carbocycles. The SMILES string of the molecule is CC[C@@]1(O)C(=O)OCc2c1cc1n(c2=O)Cc2c-1nc1cc(F)c(C)c3c1c2[C@H](NC(=O)C1(CO)CC1)CC3. The first-order chi connectivity index (χ1) is 18.6. The van der Waals surface area contributed by atoms with Crippen LogP contribution >= 0.6 is 0 Å². The summed E-state index contributed by atoms with van der Waals surface area (Å²) in [6, 6.07) is 2.61. The number of carbonyl (C=O) groups excluding carboxylic acids is 2. The van der Waals surface area contributed by atoms with E-state index in [1.165, 1.54) is 6.07 Å². The van der Waals surface area contributed by atoms with E-state index in [2.05, 4.69) is 5.32 Å². The molecular weight excluding hydrogens is 505 g/mol. The largest absolute Gasteiger partial charge is 0.458 e. The molecule has 2 aliphatic heterocycles. The monoisotopic (exact) mass is 533 g/mol. The predicted molar refractivity (Wildman–Crippen MR) is 137 cm³/mol. The second-order valence-electron chi connectivity index (χ2n) is 11.3. The molecule has 3 aromatic rings. The molecule has 0 unspecified atom stereocenters. The van der Waals surface area contributed by atoms with Gasteiger partial charge in [-0.05, 0) is 61.8 Å². The van der Waals surface area contributed by atoms with Gasteiger partial charge in [0.1, 0.15) is 12.4 Å². The number of ether oxygens (including phenoxy) is 1. The van der Waals surface area contributed by atoms with Gasteiger partial charge in [-0.3, -0.25) is 9.59 Å². The van der Waals surface area contributed by atoms with Crippen molar-refractivity contribution in [1.82, 2.24) is 14.9 Å². The number of amides is 1. The number of carbonyl (C=O) groups is 2. The molecule has 1 aromatic carbocycles. The molecule has 202 valence electrons. The van der Waals surface area contributed by atoms with Gasteiger partial charge in [-0.15, -0.1) is 0 Å². The van der Waals surface area contributed by atoms with Crippen molar-refractivity contribution in [1.29, 1.82) is 0 Å². The van der Waals surface area contributed by atoms with Gasteiger partial charge in [0.2, 0.25) is 5.91 Å². The van der Waals surface area contributed by atoms with Crippen LogP contribution in [0.1, 0.15) is 72.0 Å². The highest BCUT2D eigenvalue weighted by atomic mass is 19.1. The van der Waals surface area contributed by atoms with E-state index in [-0.39, 0.29) is 54.6 Å². The summed E-state index contributed by atoms with van der Waals surface area (Å²) in [4.78, 5) is 44.2. The van der Waals surface area contributed by atoms with Gasteiger partial charge in [-0.1, -0.05) is 6.92 Å². The van der Waals surface area contributed by atoms with E-state index in [0.29, 0.717) is 48.2 Å². The lowest BCUT2D eigenvalue weighted by Crippen LogP contribution is -2.44. The molecule has 9 nitrogen and oxygen atoms in total. The maximum atomic E-state index is 15.0. The minimum atomic E-state index is -1.95. The van der Waals surface area contributed by atoms with Gasteiger partial charge in [-0.25, -0.2) is 14.2 Å². The highest BCUT2D eigenvalue weighted by molar-refractivity contribution is 5.94. The highest BCUT2D eigenvalue weighted by Gasteiger charge is 2.50. The van der Waals surface area contributed by atoms with Crippen molar-refractivity contribution in [3.8, 4) is 11.4 Å². The molecule has 2 aliphatic carbocycles. The molecule has 1 amide bonds. The van der Waals surface area contributed by atoms with Crippen LogP contribution < -0.4 is 10.9 Å². The Bertz CT molecular complexity index is 1710. The van der Waals surface area contributed by atoms with Crippen molar-refractivity contribution in [2.45, 2.75) is 70.7 Å². The predicted octanol–water partition coefficient (Wildman–Crippen LogP) is 2.40. The Kier molecular flexibility index (Phi) is 4.98. The maximum absolute atomic E-state index is 15.0. The zero-order valence-corrected chi connectivity index (χ0v) is 21.7. The number of esters is 1. The van der Waals surface area contributed by atoms with Crippen LogP contribution in [0.5, 0.6) is 0 Å². The van der Waals surface area contributed by atoms with Crippen LogP contribution in [0.4, 0.5) is 4.39 Å². The summed E-state index contributed by atoms with van der Waals surface area (Å²) in [6.45, 7) is 3.11. The van der Waals surface area contributed by atoms with Crippen molar-refractivity contribution in [2.24, 2.45) is 5.41 Å². The molecule has 7 rings (SSSR count). The zero-order valence-electron chi connectivity index (χ0n) is 21.7. The third-order valence-electron chi connectivity index (χ3n) is 9.32. The summed E-state index contributed by atoms with van der Waals surface area (Å²) < 4.78 is 21.7. The Balaban J connectivity index is 1.47. The number of aromatic nitrogens is 2. The molecule has 39 heavy (non-hydrogen) atoms. The van der Waals surface area contributed by atoms with Crippen molar-refractivity contribution in [3.63, 3.8) is 0 Å². The second kappa shape index (κ2) is 7.95. The Labute approximate surface area is 222 Å². The van der Waals surface area contributed by atoms with Gasteiger partial charge in [0, 0.05) is 22.6 Å². The zero-order chi connectivity index (χ0) is 27.4. The first kappa shape index (κ1) is 24.4. The highest BCUT2D eigenvalue weighted by Crippen LogP contribution is 2.48. The Hall–Kier alpha value is -3.63. The molecular formula is C29H28FN3O6. The minimum Gasteiger partial charge on any atom is -0.458 e. The molecule has 1 fully saturated rings. The van der Waals surface area contributed by atoms with E-state index < -0.39 is 23.0 Å². The molecule has 2 atom stereocenters. The number of fused-ring (bicyclic) bond motifs is 5. The van der Waals surface area contributed by atoms with Crippen molar-refractivity contribution in [3.05, 3.63) is 61.7 Å². The number of aliphatic hydroxyl groups excluding tert-OH is 1. The summed E-state index contributed by atoms with van der Waals surface area (Å²) in [7, 11) is 0. The molecule has 0 saturated heterocycles. The Morgan fingerprint density at radius 3 is 2.72 bits per heavy atom. The number of benzene rings is 1. The van der Waals surface area contributed by atoms with E-state index in [4.69, 9.17) is 9.72 Å². The van der Waals surface area contributed by atoms with Crippen LogP contribution in [0, 0.1) is 18.2 Å². The summed E-state index contributed by atoms with van der Waals surface area (Å²) in [5, 5.41) is 24.9. The van der Waals surface area contributed by atoms with Crippen LogP contribution in [-0.4, -0.2) is 38.2 Å². The van der Waals surface area contributed by atoms with Crippen molar-refractivity contribution >= 4 is 22.8 Å². The lowest BCUT2D eigenvalue weighted by molar-refractivity contribution is -0.172. The number of hydrogen-bond donors (Lipinski definition) is 3. The topological polar surface area (TPSA) is 131 Å². The van der Waals surface area contributed by atoms with E-state index >= 15 is 4.39 Å². The molecule has 0 radical (unpaired) electrons. The number of aryl methyl sites for hydroxylation is 1. The fourth-order valence-corrected chi connectivity index (χ4v) is 6.62. The van der Waals surface area contributed by atoms with Gasteiger partial charge in [-0.2, -0.15) is 0 Å². The number of nitrogens with zero attached hydrogens (tertiary/aromatic N) is 2. The van der Waals surface area contributed by atoms with E-state index in [9.17, 15) is 24.6 Å². The molecule has 4 aliphatic rings. The minimum absolute atomic E-state index is 0.0273. The van der Waals surface area contributed by atoms with E-state index in [1.54, 1.807) is 24.5 Å². The summed E-state index contributed by atoms with van der Waals surface area (Å²) >= 11 is 0. The third kappa shape index (κ3) is 3.12. The fourth-order valence-electron chi connectivity index (χ4n) is 6.62. The third-order valence-corrected chi connectivity index (χ3v) is 9.32. The average molecular weight is 534 g/mol. The Morgan fingerprint density at radius 2 is 2.03 bits per heavy atom. The van der Waals surface area contributed by atoms with E-state index in [0.717, 1.165) is 22.1 Å². The van der Waals surface area contributed by atoms with Gasteiger partial charge in [0.05, 0.1) is 47.1 Å². The summed E-state index contributed by atoms with van der Waals surface area (Å²) in [5.74, 6) is -1.38. The number of aliphatic hydroxyl groups is 2. The van der Waals surface area contributed by atoms with Crippen molar-refractivity contribution < 1.29 is 28.9 Å². The standard InChI is InChI=1S/C29H28FN3O6/c1-3-29(38)17-8-21-24-15(10-33(21)25(35)16(17)11-39-27(29)37)23-19(32-26(36)28(12-34)6-7-28)5-4-14-13(2)18(30)9-20(31-24)22(14)23/h8-9,19,34,38H,3-7,10-12H2,1-2H3,(H,32,36)/t19-,29+/m1/s1. The first-order valence-electron chi connectivity index (χ1n) is 13.4. The van der Waals surface area contributed by atoms with E-state index in [1.807, 2.05) is 0 Å². The molecule has 0 bridgehead atoms. The normalized spacial score (nSPS) is 23.6. The van der Waals surface area contributed by atoms with Crippen LogP contribution in [0.3, 0.4) is 0 Å². The van der Waals surface area contributed by atoms with Gasteiger partial charge >= 0.3 is 5.97 Å². The average Bonchev–Trinajstić information content (AvgIpc) is 3.65. The van der Waals surface area contributed by atoms with Crippen LogP contribution in [-0.2, 0) is 39.5 Å². The van der Waals surface area contributed by atoms with Gasteiger partial charge in [0.15, 0.2) is 5.60 Å². The van der Waals surface area contributed by atoms with Crippen molar-refractivity contribution in [2.75, 3.05) is 6.61 Å². The summed E-state index contributed by atoms with van der Waals surface area (Å²) in [5.41, 5.74) is 1.59. The number of pyridine rings is 2. The van der Waals surface area contributed by atoms with Crippen LogP contribution in [0.15, 0.2) is 16.9 Å². The number of halogens is 1. The molecule has 3 N–H and O–H groups in total. The quantitative estimate of drug-likeness (QED) is 0.344. The lowest BCUT2D eigenvalue weighted by Gasteiger charge is -2.31. The van der Waals surface area contributed by atoms with Crippen LogP contribution in [0.25, 0.3) is 22.3 Å². The van der Waals surface area contributed by atoms with Gasteiger partial charge in [0.25, 0.3) is 5.56 Å². The lowest BCUT2D eigenvalue weighted by atomic mass is 9.81. The first-order valence-corrected chi connectivity index (χ1v) is 13.4. The van der Waals surface area contributed by atoms with Gasteiger partial charge < -0.3 is 24.8 Å². The smallest absolute Gasteiger partial charge is 0.343 e. The maximum Gasteiger partial charge on any atom is 0.343 e. The Morgan fingerprint density at radius 1 is 1.26 bits per heavy atom. The number of hydrogen-bond acceptors (Lipinski definition) is 7. The summed E-state index contributed by atoms with van der Waals surface area (Å²) in [6.07, 6.45) is 2.37. The second-order valence-corrected chi connectivity index (χ2v) is 11.3. The molecule has 2 aromatic heterocycles. The number of rotatable bonds is 4. The number of nitrogens with one attached hydrogen (secondary N) is 1. The van der Waals surface area contributed by atoms with Crippen LogP contribution in [0.2, 0.25) is 0 Å². The molecule has 4 heterocycles. The molecule has 10 heteroatoms. The molecule has 0 spiro atoms.